The van der Waals surface area contributed by atoms with Crippen LogP contribution in [0.25, 0.3) is 0 Å². The summed E-state index contributed by atoms with van der Waals surface area (Å²) in [6.45, 7) is 5.37. The van der Waals surface area contributed by atoms with Crippen LogP contribution in [0.1, 0.15) is 38.0 Å². The molecule has 3 amide bonds. The molecule has 166 valence electrons. The van der Waals surface area contributed by atoms with Crippen molar-refractivity contribution in [3.05, 3.63) is 64.7 Å². The molecule has 2 aromatic carbocycles. The van der Waals surface area contributed by atoms with E-state index >= 15 is 0 Å². The highest BCUT2D eigenvalue weighted by atomic mass is 35.5. The van der Waals surface area contributed by atoms with E-state index in [1.807, 2.05) is 0 Å². The van der Waals surface area contributed by atoms with Gasteiger partial charge < -0.3 is 10.4 Å². The number of aliphatic hydroxyl groups excluding tert-OH is 1. The minimum absolute atomic E-state index is 0.382. The van der Waals surface area contributed by atoms with Gasteiger partial charge in [0, 0.05) is 21.8 Å². The number of benzene rings is 2. The maximum absolute atomic E-state index is 13.7. The van der Waals surface area contributed by atoms with Gasteiger partial charge in [-0.15, -0.1) is 0 Å². The lowest BCUT2D eigenvalue weighted by Gasteiger charge is -2.35. The summed E-state index contributed by atoms with van der Waals surface area (Å²) in [4.78, 5) is 42.0. The molecule has 3 aliphatic heterocycles. The number of likely N-dealkylation sites (tertiary alicyclic amines) is 1. The van der Waals surface area contributed by atoms with Gasteiger partial charge in [-0.3, -0.25) is 24.6 Å². The Morgan fingerprint density at radius 3 is 2.34 bits per heavy atom. The van der Waals surface area contributed by atoms with Crippen molar-refractivity contribution in [3.63, 3.8) is 0 Å². The molecule has 5 rings (SSSR count). The second-order valence-electron chi connectivity index (χ2n) is 9.66. The number of aliphatic hydroxyl groups is 1. The van der Waals surface area contributed by atoms with Crippen molar-refractivity contribution < 1.29 is 19.5 Å². The monoisotopic (exact) mass is 453 g/mol. The number of rotatable bonds is 2. The average molecular weight is 454 g/mol. The van der Waals surface area contributed by atoms with Crippen LogP contribution < -0.4 is 10.6 Å². The maximum Gasteiger partial charge on any atom is 0.250 e. The molecule has 1 spiro atoms. The first-order chi connectivity index (χ1) is 15.1. The molecule has 0 unspecified atom stereocenters. The largest absolute Gasteiger partial charge is 0.387 e. The third-order valence-electron chi connectivity index (χ3n) is 6.78. The van der Waals surface area contributed by atoms with Crippen LogP contribution in [0.4, 0.5) is 5.69 Å². The van der Waals surface area contributed by atoms with Gasteiger partial charge in [0.2, 0.25) is 17.7 Å². The Kier molecular flexibility index (Phi) is 4.54. The van der Waals surface area contributed by atoms with Gasteiger partial charge in [0.25, 0.3) is 0 Å². The number of anilines is 1. The Morgan fingerprint density at radius 1 is 1.03 bits per heavy atom. The van der Waals surface area contributed by atoms with E-state index in [1.54, 1.807) is 69.3 Å². The van der Waals surface area contributed by atoms with E-state index in [2.05, 4.69) is 10.6 Å². The lowest BCUT2D eigenvalue weighted by molar-refractivity contribution is -0.148. The molecule has 0 bridgehead atoms. The first-order valence-electron chi connectivity index (χ1n) is 10.6. The quantitative estimate of drug-likeness (QED) is 0.607. The first-order valence-corrected chi connectivity index (χ1v) is 11.0. The van der Waals surface area contributed by atoms with Gasteiger partial charge in [0.1, 0.15) is 5.54 Å². The molecular formula is C24H24ClN3O4. The molecule has 8 heteroatoms. The van der Waals surface area contributed by atoms with Crippen molar-refractivity contribution in [3.8, 4) is 0 Å². The smallest absolute Gasteiger partial charge is 0.250 e. The third-order valence-corrected chi connectivity index (χ3v) is 7.03. The van der Waals surface area contributed by atoms with Crippen molar-refractivity contribution in [2.45, 2.75) is 44.0 Å². The zero-order valence-corrected chi connectivity index (χ0v) is 18.7. The van der Waals surface area contributed by atoms with Crippen LogP contribution in [-0.2, 0) is 19.9 Å². The van der Waals surface area contributed by atoms with Gasteiger partial charge in [-0.2, -0.15) is 0 Å². The standard InChI is InChI=1S/C24H24ClN3O4/c1-23(2,3)28-20(30)16-17(21(28)31)24(14-6-4-5-7-15(14)26-22(24)32)27-18(16)19(29)12-8-10-13(25)11-9-12/h4-11,16-19,27,29H,1-3H3,(H,26,32)/t16-,17+,18-,19+,24+/m0/s1. The summed E-state index contributed by atoms with van der Waals surface area (Å²) >= 11 is 5.99. The number of carbonyl (C=O) groups is 3. The van der Waals surface area contributed by atoms with E-state index in [0.29, 0.717) is 21.8 Å². The molecule has 3 N–H and O–H groups in total. The van der Waals surface area contributed by atoms with Crippen LogP contribution in [0.3, 0.4) is 0 Å². The molecule has 2 aromatic rings. The molecule has 2 saturated heterocycles. The Labute approximate surface area is 190 Å². The predicted octanol–water partition coefficient (Wildman–Crippen LogP) is 2.59. The van der Waals surface area contributed by atoms with Crippen LogP contribution >= 0.6 is 11.6 Å². The summed E-state index contributed by atoms with van der Waals surface area (Å²) in [6.07, 6.45) is -1.13. The van der Waals surface area contributed by atoms with E-state index in [9.17, 15) is 19.5 Å². The first kappa shape index (κ1) is 21.1. The minimum atomic E-state index is -1.44. The fourth-order valence-electron chi connectivity index (χ4n) is 5.49. The SMILES string of the molecule is CC(C)(C)N1C(=O)[C@@H]2[C@@H]([C@H](O)c3ccc(Cl)cc3)N[C@@]3(C(=O)Nc4ccccc43)[C@H]2C1=O. The second kappa shape index (κ2) is 6.88. The third kappa shape index (κ3) is 2.71. The van der Waals surface area contributed by atoms with Gasteiger partial charge >= 0.3 is 0 Å². The molecule has 0 aromatic heterocycles. The Morgan fingerprint density at radius 2 is 1.69 bits per heavy atom. The normalized spacial score (nSPS) is 30.0. The fraction of sp³-hybridized carbons (Fsp3) is 0.375. The number of halogens is 1. The molecule has 7 nitrogen and oxygen atoms in total. The molecule has 0 saturated carbocycles. The topological polar surface area (TPSA) is 98.7 Å². The highest BCUT2D eigenvalue weighted by Crippen LogP contribution is 2.55. The summed E-state index contributed by atoms with van der Waals surface area (Å²) in [7, 11) is 0. The molecule has 2 fully saturated rings. The number of para-hydroxylation sites is 1. The Bertz CT molecular complexity index is 1140. The molecular weight excluding hydrogens is 430 g/mol. The number of hydrogen-bond acceptors (Lipinski definition) is 5. The van der Waals surface area contributed by atoms with Crippen LogP contribution in [0.5, 0.6) is 0 Å². The summed E-state index contributed by atoms with van der Waals surface area (Å²) < 4.78 is 0. The van der Waals surface area contributed by atoms with Crippen molar-refractivity contribution in [1.29, 1.82) is 0 Å². The Hall–Kier alpha value is -2.74. The number of amides is 3. The van der Waals surface area contributed by atoms with Crippen molar-refractivity contribution in [2.24, 2.45) is 11.8 Å². The lowest BCUT2D eigenvalue weighted by atomic mass is 9.76. The highest BCUT2D eigenvalue weighted by Gasteiger charge is 2.72. The average Bonchev–Trinajstić information content (AvgIpc) is 3.32. The highest BCUT2D eigenvalue weighted by molar-refractivity contribution is 6.30. The summed E-state index contributed by atoms with van der Waals surface area (Å²) in [5, 5.41) is 17.9. The number of imide groups is 1. The predicted molar refractivity (Wildman–Crippen MR) is 119 cm³/mol. The van der Waals surface area contributed by atoms with Gasteiger partial charge in [-0.25, -0.2) is 0 Å². The van der Waals surface area contributed by atoms with Crippen LogP contribution in [-0.4, -0.2) is 39.3 Å². The van der Waals surface area contributed by atoms with E-state index in [-0.39, 0.29) is 5.91 Å². The van der Waals surface area contributed by atoms with Crippen LogP contribution in [0, 0.1) is 11.8 Å². The number of hydrogen-bond donors (Lipinski definition) is 3. The summed E-state index contributed by atoms with van der Waals surface area (Å²) in [5.41, 5.74) is -0.442. The van der Waals surface area contributed by atoms with Gasteiger partial charge in [0.15, 0.2) is 0 Å². The zero-order valence-electron chi connectivity index (χ0n) is 17.9. The van der Waals surface area contributed by atoms with Gasteiger partial charge in [-0.1, -0.05) is 41.9 Å². The molecule has 5 atom stereocenters. The van der Waals surface area contributed by atoms with E-state index < -0.39 is 46.9 Å². The van der Waals surface area contributed by atoms with Gasteiger partial charge in [-0.05, 0) is 44.5 Å². The van der Waals surface area contributed by atoms with Crippen molar-refractivity contribution in [1.82, 2.24) is 10.2 Å². The molecule has 3 aliphatic rings. The number of carbonyl (C=O) groups excluding carboxylic acids is 3. The summed E-state index contributed by atoms with van der Waals surface area (Å²) in [6, 6.07) is 13.0. The van der Waals surface area contributed by atoms with Crippen molar-refractivity contribution >= 4 is 35.0 Å². The van der Waals surface area contributed by atoms with E-state index in [4.69, 9.17) is 11.6 Å². The number of nitrogens with zero attached hydrogens (tertiary/aromatic N) is 1. The Balaban J connectivity index is 1.68. The number of fused-ring (bicyclic) bond motifs is 4. The minimum Gasteiger partial charge on any atom is -0.387 e. The van der Waals surface area contributed by atoms with Crippen LogP contribution in [0.15, 0.2) is 48.5 Å². The second-order valence-corrected chi connectivity index (χ2v) is 10.1. The zero-order chi connectivity index (χ0) is 23.0. The number of nitrogens with one attached hydrogen (secondary N) is 2. The van der Waals surface area contributed by atoms with Gasteiger partial charge in [0.05, 0.1) is 24.0 Å². The van der Waals surface area contributed by atoms with E-state index in [1.165, 1.54) is 4.90 Å². The molecule has 0 radical (unpaired) electrons. The fourth-order valence-corrected chi connectivity index (χ4v) is 5.61. The van der Waals surface area contributed by atoms with Crippen molar-refractivity contribution in [2.75, 3.05) is 5.32 Å². The molecule has 32 heavy (non-hydrogen) atoms. The summed E-state index contributed by atoms with van der Waals surface area (Å²) in [5.74, 6) is -3.05. The van der Waals surface area contributed by atoms with Crippen LogP contribution in [0.2, 0.25) is 5.02 Å². The maximum atomic E-state index is 13.7. The van der Waals surface area contributed by atoms with E-state index in [0.717, 1.165) is 0 Å². The lowest BCUT2D eigenvalue weighted by Crippen LogP contribution is -2.56. The molecule has 3 heterocycles. The molecule has 0 aliphatic carbocycles.